The smallest absolute Gasteiger partial charge is 0.250 e. The minimum Gasteiger partial charge on any atom is -0.339 e. The third-order valence-corrected chi connectivity index (χ3v) is 3.73. The number of tetrazole rings is 1. The molecule has 0 N–H and O–H groups in total. The Labute approximate surface area is 117 Å². The number of benzene rings is 1. The van der Waals surface area contributed by atoms with Crippen LogP contribution < -0.4 is 4.90 Å². The van der Waals surface area contributed by atoms with E-state index in [1.54, 1.807) is 11.6 Å². The zero-order valence-electron chi connectivity index (χ0n) is 11.4. The number of carbonyl (C=O) groups excluding carboxylic acids is 1. The van der Waals surface area contributed by atoms with Crippen LogP contribution >= 0.6 is 0 Å². The number of carbonyl (C=O) groups is 1. The van der Waals surface area contributed by atoms with Gasteiger partial charge in [-0.25, -0.2) is 0 Å². The number of nitrogens with zero attached hydrogens (tertiary/aromatic N) is 5. The fraction of sp³-hybridized carbons (Fsp3) is 0.429. The molecule has 1 aliphatic heterocycles. The highest BCUT2D eigenvalue weighted by Crippen LogP contribution is 2.23. The topological polar surface area (TPSA) is 63.9 Å². The van der Waals surface area contributed by atoms with Crippen LogP contribution in [0.1, 0.15) is 19.8 Å². The molecule has 0 radical (unpaired) electrons. The molecule has 0 saturated carbocycles. The van der Waals surface area contributed by atoms with Crippen molar-refractivity contribution < 1.29 is 4.79 Å². The maximum absolute atomic E-state index is 11.6. The van der Waals surface area contributed by atoms with Gasteiger partial charge in [-0.2, -0.15) is 4.68 Å². The van der Waals surface area contributed by atoms with Gasteiger partial charge in [0.1, 0.15) is 5.78 Å². The van der Waals surface area contributed by atoms with E-state index in [0.29, 0.717) is 12.5 Å². The second-order valence-electron chi connectivity index (χ2n) is 5.12. The van der Waals surface area contributed by atoms with Crippen LogP contribution in [0.25, 0.3) is 5.69 Å². The van der Waals surface area contributed by atoms with Crippen LogP contribution in [-0.2, 0) is 4.79 Å². The fourth-order valence-electron chi connectivity index (χ4n) is 2.61. The summed E-state index contributed by atoms with van der Waals surface area (Å²) in [5.74, 6) is 1.04. The molecule has 1 aromatic heterocycles. The molecule has 20 heavy (non-hydrogen) atoms. The summed E-state index contributed by atoms with van der Waals surface area (Å²) >= 11 is 0. The van der Waals surface area contributed by atoms with E-state index in [1.807, 2.05) is 30.3 Å². The molecule has 1 unspecified atom stereocenters. The molecular weight excluding hydrogens is 254 g/mol. The number of anilines is 1. The Morgan fingerprint density at radius 1 is 1.30 bits per heavy atom. The first-order valence-corrected chi connectivity index (χ1v) is 6.85. The van der Waals surface area contributed by atoms with Crippen LogP contribution in [0.2, 0.25) is 0 Å². The molecule has 0 amide bonds. The molecule has 3 rings (SSSR count). The largest absolute Gasteiger partial charge is 0.339 e. The Balaban J connectivity index is 1.88. The predicted octanol–water partition coefficient (Wildman–Crippen LogP) is 1.47. The monoisotopic (exact) mass is 271 g/mol. The lowest BCUT2D eigenvalue weighted by Gasteiger charge is -2.31. The predicted molar refractivity (Wildman–Crippen MR) is 74.8 cm³/mol. The molecule has 1 aromatic carbocycles. The van der Waals surface area contributed by atoms with Gasteiger partial charge in [-0.05, 0) is 42.3 Å². The first-order valence-electron chi connectivity index (χ1n) is 6.85. The molecule has 6 heteroatoms. The standard InChI is InChI=1S/C14H17N5O/c1-11(20)12-6-5-9-18(10-12)14-15-16-17-19(14)13-7-3-2-4-8-13/h2-4,7-8,12H,5-6,9-10H2,1H3. The molecule has 0 bridgehead atoms. The van der Waals surface area contributed by atoms with Gasteiger partial charge in [0.2, 0.25) is 5.95 Å². The zero-order chi connectivity index (χ0) is 13.9. The Bertz CT molecular complexity index is 595. The van der Waals surface area contributed by atoms with Crippen molar-refractivity contribution in [2.24, 2.45) is 5.92 Å². The summed E-state index contributed by atoms with van der Waals surface area (Å²) in [5, 5.41) is 12.0. The number of aromatic nitrogens is 4. The molecule has 1 fully saturated rings. The van der Waals surface area contributed by atoms with E-state index in [-0.39, 0.29) is 11.7 Å². The van der Waals surface area contributed by atoms with E-state index in [9.17, 15) is 4.79 Å². The highest BCUT2D eigenvalue weighted by Gasteiger charge is 2.26. The van der Waals surface area contributed by atoms with E-state index in [4.69, 9.17) is 0 Å². The molecule has 104 valence electrons. The maximum atomic E-state index is 11.6. The summed E-state index contributed by atoms with van der Waals surface area (Å²) in [4.78, 5) is 13.7. The van der Waals surface area contributed by atoms with Crippen LogP contribution in [0.3, 0.4) is 0 Å². The van der Waals surface area contributed by atoms with Crippen molar-refractivity contribution in [1.82, 2.24) is 20.2 Å². The number of para-hydroxylation sites is 1. The van der Waals surface area contributed by atoms with Crippen LogP contribution in [0.15, 0.2) is 30.3 Å². The van der Waals surface area contributed by atoms with Gasteiger partial charge < -0.3 is 4.90 Å². The Hall–Kier alpha value is -2.24. The van der Waals surface area contributed by atoms with Gasteiger partial charge in [0.15, 0.2) is 0 Å². The van der Waals surface area contributed by atoms with Crippen LogP contribution in [0.5, 0.6) is 0 Å². The summed E-state index contributed by atoms with van der Waals surface area (Å²) in [7, 11) is 0. The second-order valence-corrected chi connectivity index (χ2v) is 5.12. The Morgan fingerprint density at radius 2 is 2.10 bits per heavy atom. The summed E-state index contributed by atoms with van der Waals surface area (Å²) < 4.78 is 1.72. The average Bonchev–Trinajstić information content (AvgIpc) is 2.98. The van der Waals surface area contributed by atoms with E-state index in [0.717, 1.165) is 25.1 Å². The third kappa shape index (κ3) is 2.41. The normalized spacial score (nSPS) is 19.1. The van der Waals surface area contributed by atoms with Crippen LogP contribution in [0, 0.1) is 5.92 Å². The number of ketones is 1. The second kappa shape index (κ2) is 5.40. The highest BCUT2D eigenvalue weighted by molar-refractivity contribution is 5.79. The molecular formula is C14H17N5O. The van der Waals surface area contributed by atoms with Gasteiger partial charge in [-0.3, -0.25) is 4.79 Å². The van der Waals surface area contributed by atoms with Gasteiger partial charge in [0, 0.05) is 19.0 Å². The molecule has 1 atom stereocenters. The summed E-state index contributed by atoms with van der Waals surface area (Å²) in [6, 6.07) is 9.80. The summed E-state index contributed by atoms with van der Waals surface area (Å²) in [6.45, 7) is 3.24. The van der Waals surface area contributed by atoms with Crippen molar-refractivity contribution >= 4 is 11.7 Å². The molecule has 1 saturated heterocycles. The molecule has 2 heterocycles. The SMILES string of the molecule is CC(=O)C1CCCN(c2nnnn2-c2ccccc2)C1. The molecule has 0 aliphatic carbocycles. The number of Topliss-reactive ketones (excluding diaryl/α,β-unsaturated/α-hetero) is 1. The molecule has 1 aliphatic rings. The zero-order valence-corrected chi connectivity index (χ0v) is 11.4. The van der Waals surface area contributed by atoms with Crippen LogP contribution in [0.4, 0.5) is 5.95 Å². The number of rotatable bonds is 3. The summed E-state index contributed by atoms with van der Waals surface area (Å²) in [5.41, 5.74) is 0.928. The van der Waals surface area contributed by atoms with Gasteiger partial charge in [-0.15, -0.1) is 0 Å². The molecule has 2 aromatic rings. The van der Waals surface area contributed by atoms with Crippen molar-refractivity contribution in [2.45, 2.75) is 19.8 Å². The average molecular weight is 271 g/mol. The number of hydrogen-bond acceptors (Lipinski definition) is 5. The molecule has 6 nitrogen and oxygen atoms in total. The Kier molecular flexibility index (Phi) is 3.45. The van der Waals surface area contributed by atoms with E-state index < -0.39 is 0 Å². The van der Waals surface area contributed by atoms with E-state index in [1.165, 1.54) is 0 Å². The lowest BCUT2D eigenvalue weighted by atomic mass is 9.95. The van der Waals surface area contributed by atoms with Crippen molar-refractivity contribution in [1.29, 1.82) is 0 Å². The quantitative estimate of drug-likeness (QED) is 0.845. The minimum absolute atomic E-state index is 0.0877. The first kappa shape index (κ1) is 12.8. The maximum Gasteiger partial charge on any atom is 0.250 e. The number of piperidine rings is 1. The highest BCUT2D eigenvalue weighted by atomic mass is 16.1. The fourth-order valence-corrected chi connectivity index (χ4v) is 2.61. The lowest BCUT2D eigenvalue weighted by molar-refractivity contribution is -0.120. The summed E-state index contributed by atoms with van der Waals surface area (Å²) in [6.07, 6.45) is 1.95. The van der Waals surface area contributed by atoms with Gasteiger partial charge in [0.25, 0.3) is 0 Å². The lowest BCUT2D eigenvalue weighted by Crippen LogP contribution is -2.39. The van der Waals surface area contributed by atoms with E-state index in [2.05, 4.69) is 20.4 Å². The van der Waals surface area contributed by atoms with E-state index >= 15 is 0 Å². The van der Waals surface area contributed by atoms with Crippen molar-refractivity contribution in [2.75, 3.05) is 18.0 Å². The Morgan fingerprint density at radius 3 is 2.85 bits per heavy atom. The van der Waals surface area contributed by atoms with Gasteiger partial charge >= 0.3 is 0 Å². The minimum atomic E-state index is 0.0877. The van der Waals surface area contributed by atoms with Gasteiger partial charge in [-0.1, -0.05) is 23.3 Å². The van der Waals surface area contributed by atoms with Crippen molar-refractivity contribution in [3.63, 3.8) is 0 Å². The third-order valence-electron chi connectivity index (χ3n) is 3.73. The van der Waals surface area contributed by atoms with Crippen LogP contribution in [-0.4, -0.2) is 39.1 Å². The van der Waals surface area contributed by atoms with Gasteiger partial charge in [0.05, 0.1) is 5.69 Å². The molecule has 0 spiro atoms. The van der Waals surface area contributed by atoms with Crippen molar-refractivity contribution in [3.05, 3.63) is 30.3 Å². The van der Waals surface area contributed by atoms with Crippen molar-refractivity contribution in [3.8, 4) is 5.69 Å². The first-order chi connectivity index (χ1) is 9.75. The number of hydrogen-bond donors (Lipinski definition) is 0.